The first kappa shape index (κ1) is 16.4. The van der Waals surface area contributed by atoms with Crippen molar-refractivity contribution in [3.8, 4) is 0 Å². The first-order valence-corrected chi connectivity index (χ1v) is 7.50. The van der Waals surface area contributed by atoms with E-state index in [2.05, 4.69) is 48.5 Å². The average molecular weight is 278 g/mol. The lowest BCUT2D eigenvalue weighted by Gasteiger charge is -2.31. The van der Waals surface area contributed by atoms with Crippen LogP contribution in [0.3, 0.4) is 0 Å². The van der Waals surface area contributed by atoms with Crippen molar-refractivity contribution in [1.82, 2.24) is 15.5 Å². The molecule has 0 radical (unpaired) electrons. The van der Waals surface area contributed by atoms with Gasteiger partial charge in [-0.05, 0) is 37.8 Å². The number of rotatable bonds is 8. The summed E-state index contributed by atoms with van der Waals surface area (Å²) in [5, 5.41) is 14.3. The molecular weight excluding hydrogens is 252 g/mol. The summed E-state index contributed by atoms with van der Waals surface area (Å²) in [5.74, 6) is 0.557. The number of nitrogens with one attached hydrogen (secondary N) is 2. The summed E-state index contributed by atoms with van der Waals surface area (Å²) in [6, 6.07) is 3.51. The van der Waals surface area contributed by atoms with Gasteiger partial charge in [-0.25, -0.2) is 0 Å². The summed E-state index contributed by atoms with van der Waals surface area (Å²) in [4.78, 5) is 12.2. The van der Waals surface area contributed by atoms with Crippen molar-refractivity contribution in [2.45, 2.75) is 58.9 Å². The number of amides is 1. The van der Waals surface area contributed by atoms with Crippen LogP contribution in [-0.2, 0) is 0 Å². The molecule has 0 saturated heterocycles. The molecule has 0 aromatic carbocycles. The summed E-state index contributed by atoms with van der Waals surface area (Å²) in [6.07, 6.45) is 3.76. The Labute approximate surface area is 121 Å². The first-order chi connectivity index (χ1) is 9.60. The van der Waals surface area contributed by atoms with Gasteiger partial charge in [-0.2, -0.15) is 0 Å². The van der Waals surface area contributed by atoms with Crippen LogP contribution in [0.15, 0.2) is 12.1 Å². The fraction of sp³-hybridized carbons (Fsp3) is 0.667. The van der Waals surface area contributed by atoms with E-state index < -0.39 is 0 Å². The first-order valence-electron chi connectivity index (χ1n) is 7.50. The number of carbonyl (C=O) groups is 1. The summed E-state index contributed by atoms with van der Waals surface area (Å²) in [5.41, 5.74) is 0.226. The number of hydrogen-bond donors (Lipinski definition) is 2. The van der Waals surface area contributed by atoms with Crippen LogP contribution in [0.2, 0.25) is 0 Å². The lowest BCUT2D eigenvalue weighted by molar-refractivity contribution is 0.0882. The van der Waals surface area contributed by atoms with Crippen molar-refractivity contribution in [1.29, 1.82) is 0 Å². The topological polar surface area (TPSA) is 66.9 Å². The summed E-state index contributed by atoms with van der Waals surface area (Å²) in [6.45, 7) is 9.22. The van der Waals surface area contributed by atoms with Crippen molar-refractivity contribution in [2.24, 2.45) is 0 Å². The smallest absolute Gasteiger partial charge is 0.272 e. The van der Waals surface area contributed by atoms with Gasteiger partial charge in [-0.1, -0.05) is 27.7 Å². The van der Waals surface area contributed by atoms with Gasteiger partial charge in [0.25, 0.3) is 5.91 Å². The van der Waals surface area contributed by atoms with Crippen LogP contribution in [0, 0.1) is 0 Å². The number of aromatic nitrogens is 2. The van der Waals surface area contributed by atoms with E-state index in [4.69, 9.17) is 0 Å². The van der Waals surface area contributed by atoms with E-state index in [0.717, 1.165) is 32.2 Å². The molecule has 1 heterocycles. The molecule has 0 aliphatic heterocycles. The molecule has 20 heavy (non-hydrogen) atoms. The summed E-state index contributed by atoms with van der Waals surface area (Å²) >= 11 is 0. The SMILES string of the molecule is CCCNc1ccc(C(=O)NC(CC)(CC)CC)nn1. The van der Waals surface area contributed by atoms with E-state index in [0.29, 0.717) is 11.5 Å². The minimum Gasteiger partial charge on any atom is -0.369 e. The van der Waals surface area contributed by atoms with E-state index in [1.807, 2.05) is 0 Å². The molecule has 112 valence electrons. The van der Waals surface area contributed by atoms with E-state index in [9.17, 15) is 4.79 Å². The van der Waals surface area contributed by atoms with Crippen LogP contribution in [0.1, 0.15) is 63.9 Å². The van der Waals surface area contributed by atoms with Crippen LogP contribution in [0.25, 0.3) is 0 Å². The molecule has 0 atom stereocenters. The minimum absolute atomic E-state index is 0.141. The van der Waals surface area contributed by atoms with Gasteiger partial charge < -0.3 is 10.6 Å². The molecule has 0 unspecified atom stereocenters. The normalized spacial score (nSPS) is 11.2. The van der Waals surface area contributed by atoms with E-state index >= 15 is 0 Å². The highest BCUT2D eigenvalue weighted by atomic mass is 16.2. The quantitative estimate of drug-likeness (QED) is 0.767. The lowest BCUT2D eigenvalue weighted by atomic mass is 9.89. The second-order valence-corrected chi connectivity index (χ2v) is 5.03. The van der Waals surface area contributed by atoms with Crippen molar-refractivity contribution >= 4 is 11.7 Å². The van der Waals surface area contributed by atoms with Crippen molar-refractivity contribution in [2.75, 3.05) is 11.9 Å². The van der Waals surface area contributed by atoms with Crippen molar-refractivity contribution < 1.29 is 4.79 Å². The van der Waals surface area contributed by atoms with Gasteiger partial charge in [0.1, 0.15) is 5.82 Å². The third kappa shape index (κ3) is 4.18. The van der Waals surface area contributed by atoms with E-state index in [-0.39, 0.29) is 11.4 Å². The Bertz CT molecular complexity index is 404. The monoisotopic (exact) mass is 278 g/mol. The van der Waals surface area contributed by atoms with Crippen molar-refractivity contribution in [3.63, 3.8) is 0 Å². The summed E-state index contributed by atoms with van der Waals surface area (Å²) in [7, 11) is 0. The third-order valence-electron chi connectivity index (χ3n) is 3.86. The Morgan fingerprint density at radius 1 is 1.10 bits per heavy atom. The number of carbonyl (C=O) groups excluding carboxylic acids is 1. The number of anilines is 1. The van der Waals surface area contributed by atoms with Gasteiger partial charge in [0.05, 0.1) is 0 Å². The zero-order chi connectivity index (χ0) is 15.0. The fourth-order valence-corrected chi connectivity index (χ4v) is 2.12. The highest BCUT2D eigenvalue weighted by molar-refractivity contribution is 5.92. The standard InChI is InChI=1S/C15H26N4O/c1-5-11-16-13-10-9-12(18-19-13)14(20)17-15(6-2,7-3)8-4/h9-10H,5-8,11H2,1-4H3,(H,16,19)(H,17,20). The molecule has 5 heteroatoms. The van der Waals surface area contributed by atoms with Crippen LogP contribution < -0.4 is 10.6 Å². The fourth-order valence-electron chi connectivity index (χ4n) is 2.12. The van der Waals surface area contributed by atoms with Crippen molar-refractivity contribution in [3.05, 3.63) is 17.8 Å². The molecular formula is C15H26N4O. The molecule has 0 fully saturated rings. The lowest BCUT2D eigenvalue weighted by Crippen LogP contribution is -2.47. The minimum atomic E-state index is -0.148. The van der Waals surface area contributed by atoms with Gasteiger partial charge in [0.15, 0.2) is 5.69 Å². The molecule has 0 spiro atoms. The molecule has 1 amide bonds. The molecule has 1 aromatic heterocycles. The van der Waals surface area contributed by atoms with Gasteiger partial charge in [-0.3, -0.25) is 4.79 Å². The zero-order valence-electron chi connectivity index (χ0n) is 13.0. The maximum absolute atomic E-state index is 12.2. The van der Waals surface area contributed by atoms with Crippen LogP contribution >= 0.6 is 0 Å². The Morgan fingerprint density at radius 2 is 1.75 bits per heavy atom. The molecule has 0 aliphatic rings. The maximum Gasteiger partial charge on any atom is 0.272 e. The third-order valence-corrected chi connectivity index (χ3v) is 3.86. The van der Waals surface area contributed by atoms with Crippen LogP contribution in [-0.4, -0.2) is 28.2 Å². The molecule has 0 saturated carbocycles. The molecule has 1 rings (SSSR count). The Kier molecular flexibility index (Phi) is 6.42. The Morgan fingerprint density at radius 3 is 2.20 bits per heavy atom. The predicted octanol–water partition coefficient (Wildman–Crippen LogP) is 3.00. The maximum atomic E-state index is 12.2. The molecule has 0 aliphatic carbocycles. The summed E-state index contributed by atoms with van der Waals surface area (Å²) < 4.78 is 0. The van der Waals surface area contributed by atoms with Crippen LogP contribution in [0.5, 0.6) is 0 Å². The zero-order valence-corrected chi connectivity index (χ0v) is 13.0. The predicted molar refractivity (Wildman–Crippen MR) is 81.9 cm³/mol. The highest BCUT2D eigenvalue weighted by Gasteiger charge is 2.26. The van der Waals surface area contributed by atoms with E-state index in [1.165, 1.54) is 0 Å². The number of hydrogen-bond acceptors (Lipinski definition) is 4. The van der Waals surface area contributed by atoms with Gasteiger partial charge in [0, 0.05) is 12.1 Å². The highest BCUT2D eigenvalue weighted by Crippen LogP contribution is 2.19. The second kappa shape index (κ2) is 7.82. The van der Waals surface area contributed by atoms with Gasteiger partial charge in [-0.15, -0.1) is 10.2 Å². The largest absolute Gasteiger partial charge is 0.369 e. The number of nitrogens with zero attached hydrogens (tertiary/aromatic N) is 2. The van der Waals surface area contributed by atoms with Crippen LogP contribution in [0.4, 0.5) is 5.82 Å². The molecule has 1 aromatic rings. The van der Waals surface area contributed by atoms with Gasteiger partial charge in [0.2, 0.25) is 0 Å². The Hall–Kier alpha value is -1.65. The average Bonchev–Trinajstić information content (AvgIpc) is 2.51. The second-order valence-electron chi connectivity index (χ2n) is 5.03. The molecule has 5 nitrogen and oxygen atoms in total. The molecule has 0 bridgehead atoms. The van der Waals surface area contributed by atoms with Gasteiger partial charge >= 0.3 is 0 Å². The van der Waals surface area contributed by atoms with E-state index in [1.54, 1.807) is 12.1 Å². The molecule has 2 N–H and O–H groups in total. The Balaban J connectivity index is 2.72.